The van der Waals surface area contributed by atoms with E-state index in [1.807, 2.05) is 38.1 Å². The zero-order valence-corrected chi connectivity index (χ0v) is 24.6. The Morgan fingerprint density at radius 2 is 1.64 bits per heavy atom. The average Bonchev–Trinajstić information content (AvgIpc) is 2.90. The molecular weight excluding hydrogens is 557 g/mol. The van der Waals surface area contributed by atoms with E-state index >= 15 is 0 Å². The van der Waals surface area contributed by atoms with Crippen LogP contribution in [0.15, 0.2) is 77.7 Å². The van der Waals surface area contributed by atoms with Crippen LogP contribution in [0.1, 0.15) is 37.8 Å². The summed E-state index contributed by atoms with van der Waals surface area (Å²) in [7, 11) is -4.19. The molecule has 0 saturated carbocycles. The number of carbonyl (C=O) groups excluding carboxylic acids is 2. The van der Waals surface area contributed by atoms with Gasteiger partial charge in [-0.1, -0.05) is 72.4 Å². The van der Waals surface area contributed by atoms with Crippen molar-refractivity contribution in [3.05, 3.63) is 94.0 Å². The van der Waals surface area contributed by atoms with Crippen molar-refractivity contribution in [2.45, 2.75) is 51.1 Å². The molecule has 0 fully saturated rings. The van der Waals surface area contributed by atoms with E-state index < -0.39 is 28.5 Å². The third kappa shape index (κ3) is 8.21. The van der Waals surface area contributed by atoms with Gasteiger partial charge in [0, 0.05) is 23.1 Å². The summed E-state index contributed by atoms with van der Waals surface area (Å²) in [5.41, 5.74) is 2.05. The van der Waals surface area contributed by atoms with Crippen LogP contribution in [-0.2, 0) is 26.2 Å². The SMILES string of the molecule is CCCCNC(=O)[C@H](C)N(Cc1cccc(C)c1)C(=O)CN(c1cccc(Cl)c1)S(=O)(=O)c1ccc(Cl)cc1. The number of nitrogens with zero attached hydrogens (tertiary/aromatic N) is 2. The largest absolute Gasteiger partial charge is 0.354 e. The molecule has 2 amide bonds. The topological polar surface area (TPSA) is 86.8 Å². The number of sulfonamides is 1. The molecule has 0 heterocycles. The van der Waals surface area contributed by atoms with E-state index in [0.29, 0.717) is 16.6 Å². The maximum absolute atomic E-state index is 13.9. The molecular formula is C29H33Cl2N3O4S. The third-order valence-electron chi connectivity index (χ3n) is 6.21. The van der Waals surface area contributed by atoms with E-state index in [-0.39, 0.29) is 23.0 Å². The van der Waals surface area contributed by atoms with Gasteiger partial charge in [0.05, 0.1) is 10.6 Å². The maximum atomic E-state index is 13.9. The first kappa shape index (κ1) is 30.5. The van der Waals surface area contributed by atoms with Gasteiger partial charge >= 0.3 is 0 Å². The van der Waals surface area contributed by atoms with Crippen molar-refractivity contribution in [3.63, 3.8) is 0 Å². The number of anilines is 1. The molecule has 0 aliphatic heterocycles. The quantitative estimate of drug-likeness (QED) is 0.269. The second-order valence-electron chi connectivity index (χ2n) is 9.28. The van der Waals surface area contributed by atoms with Crippen molar-refractivity contribution in [2.24, 2.45) is 0 Å². The van der Waals surface area contributed by atoms with E-state index in [1.165, 1.54) is 35.2 Å². The fourth-order valence-corrected chi connectivity index (χ4v) is 5.74. The van der Waals surface area contributed by atoms with Crippen LogP contribution in [0.25, 0.3) is 0 Å². The molecule has 39 heavy (non-hydrogen) atoms. The number of amides is 2. The van der Waals surface area contributed by atoms with Crippen molar-refractivity contribution in [1.29, 1.82) is 0 Å². The van der Waals surface area contributed by atoms with E-state index in [9.17, 15) is 18.0 Å². The first-order chi connectivity index (χ1) is 18.5. The number of carbonyl (C=O) groups is 2. The number of rotatable bonds is 12. The molecule has 0 aliphatic rings. The lowest BCUT2D eigenvalue weighted by atomic mass is 10.1. The van der Waals surface area contributed by atoms with Crippen LogP contribution in [-0.4, -0.2) is 44.3 Å². The van der Waals surface area contributed by atoms with E-state index in [0.717, 1.165) is 28.3 Å². The minimum absolute atomic E-state index is 0.0322. The van der Waals surface area contributed by atoms with Crippen molar-refractivity contribution in [2.75, 3.05) is 17.4 Å². The molecule has 0 saturated heterocycles. The molecule has 3 rings (SSSR count). The Balaban J connectivity index is 2.00. The van der Waals surface area contributed by atoms with Crippen LogP contribution in [0.4, 0.5) is 5.69 Å². The van der Waals surface area contributed by atoms with Crippen molar-refractivity contribution in [3.8, 4) is 0 Å². The first-order valence-electron chi connectivity index (χ1n) is 12.7. The number of halogens is 2. The molecule has 1 atom stereocenters. The predicted molar refractivity (Wildman–Crippen MR) is 157 cm³/mol. The van der Waals surface area contributed by atoms with Crippen LogP contribution in [0, 0.1) is 6.92 Å². The van der Waals surface area contributed by atoms with Gasteiger partial charge in [-0.15, -0.1) is 0 Å². The lowest BCUT2D eigenvalue weighted by molar-refractivity contribution is -0.139. The maximum Gasteiger partial charge on any atom is 0.264 e. The number of hydrogen-bond acceptors (Lipinski definition) is 4. The summed E-state index contributed by atoms with van der Waals surface area (Å²) in [6, 6.07) is 18.8. The highest BCUT2D eigenvalue weighted by molar-refractivity contribution is 7.92. The third-order valence-corrected chi connectivity index (χ3v) is 8.48. The Labute approximate surface area is 240 Å². The van der Waals surface area contributed by atoms with Gasteiger partial charge < -0.3 is 10.2 Å². The zero-order chi connectivity index (χ0) is 28.6. The lowest BCUT2D eigenvalue weighted by Gasteiger charge is -2.32. The molecule has 0 radical (unpaired) electrons. The summed E-state index contributed by atoms with van der Waals surface area (Å²) in [6.07, 6.45) is 1.73. The minimum Gasteiger partial charge on any atom is -0.354 e. The van der Waals surface area contributed by atoms with Crippen molar-refractivity contribution in [1.82, 2.24) is 10.2 Å². The van der Waals surface area contributed by atoms with Crippen molar-refractivity contribution < 1.29 is 18.0 Å². The van der Waals surface area contributed by atoms with E-state index in [1.54, 1.807) is 25.1 Å². The fraction of sp³-hybridized carbons (Fsp3) is 0.310. The summed E-state index contributed by atoms with van der Waals surface area (Å²) >= 11 is 12.2. The molecule has 0 aliphatic carbocycles. The van der Waals surface area contributed by atoms with Gasteiger partial charge in [-0.3, -0.25) is 13.9 Å². The lowest BCUT2D eigenvalue weighted by Crippen LogP contribution is -2.51. The molecule has 3 aromatic carbocycles. The molecule has 0 unspecified atom stereocenters. The fourth-order valence-electron chi connectivity index (χ4n) is 4.02. The van der Waals surface area contributed by atoms with Crippen LogP contribution in [0.2, 0.25) is 10.0 Å². The van der Waals surface area contributed by atoms with Gasteiger partial charge in [0.2, 0.25) is 11.8 Å². The Kier molecular flexibility index (Phi) is 10.8. The number of hydrogen-bond donors (Lipinski definition) is 1. The van der Waals surface area contributed by atoms with Gasteiger partial charge in [-0.25, -0.2) is 8.42 Å². The zero-order valence-electron chi connectivity index (χ0n) is 22.2. The number of unbranched alkanes of at least 4 members (excludes halogenated alkanes) is 1. The molecule has 0 spiro atoms. The second kappa shape index (κ2) is 13.8. The van der Waals surface area contributed by atoms with Crippen LogP contribution < -0.4 is 9.62 Å². The predicted octanol–water partition coefficient (Wildman–Crippen LogP) is 5.83. The van der Waals surface area contributed by atoms with E-state index in [2.05, 4.69) is 5.32 Å². The molecule has 3 aromatic rings. The number of aryl methyl sites for hydroxylation is 1. The van der Waals surface area contributed by atoms with Gasteiger partial charge in [0.25, 0.3) is 10.0 Å². The number of nitrogens with one attached hydrogen (secondary N) is 1. The summed E-state index contributed by atoms with van der Waals surface area (Å²) < 4.78 is 28.6. The monoisotopic (exact) mass is 589 g/mol. The Morgan fingerprint density at radius 3 is 2.28 bits per heavy atom. The second-order valence-corrected chi connectivity index (χ2v) is 12.0. The molecule has 0 bridgehead atoms. The Hall–Kier alpha value is -3.07. The van der Waals surface area contributed by atoms with Crippen LogP contribution in [0.5, 0.6) is 0 Å². The number of benzene rings is 3. The first-order valence-corrected chi connectivity index (χ1v) is 14.9. The molecule has 7 nitrogen and oxygen atoms in total. The van der Waals surface area contributed by atoms with Gasteiger partial charge in [0.1, 0.15) is 12.6 Å². The Morgan fingerprint density at radius 1 is 0.949 bits per heavy atom. The molecule has 10 heteroatoms. The van der Waals surface area contributed by atoms with Gasteiger partial charge in [-0.2, -0.15) is 0 Å². The Bertz CT molecular complexity index is 1400. The average molecular weight is 591 g/mol. The highest BCUT2D eigenvalue weighted by Gasteiger charge is 2.32. The summed E-state index contributed by atoms with van der Waals surface area (Å²) in [4.78, 5) is 28.3. The van der Waals surface area contributed by atoms with Crippen LogP contribution >= 0.6 is 23.2 Å². The summed E-state index contributed by atoms with van der Waals surface area (Å²) in [5.74, 6) is -0.841. The molecule has 1 N–H and O–H groups in total. The standard InChI is InChI=1S/C29H33Cl2N3O4S/c1-4-5-16-32-29(36)22(3)33(19-23-9-6-8-21(2)17-23)28(35)20-34(26-11-7-10-25(31)18-26)39(37,38)27-14-12-24(30)13-15-27/h6-15,17-18,22H,4-5,16,19-20H2,1-3H3,(H,32,36)/t22-/m0/s1. The molecule has 208 valence electrons. The minimum atomic E-state index is -4.19. The van der Waals surface area contributed by atoms with Gasteiger partial charge in [0.15, 0.2) is 0 Å². The molecule has 0 aromatic heterocycles. The van der Waals surface area contributed by atoms with Crippen molar-refractivity contribution >= 4 is 50.7 Å². The normalized spacial score (nSPS) is 12.0. The van der Waals surface area contributed by atoms with Gasteiger partial charge in [-0.05, 0) is 68.3 Å². The highest BCUT2D eigenvalue weighted by atomic mass is 35.5. The van der Waals surface area contributed by atoms with E-state index in [4.69, 9.17) is 23.2 Å². The summed E-state index contributed by atoms with van der Waals surface area (Å²) in [5, 5.41) is 3.57. The smallest absolute Gasteiger partial charge is 0.264 e. The highest BCUT2D eigenvalue weighted by Crippen LogP contribution is 2.27. The summed E-state index contributed by atoms with van der Waals surface area (Å²) in [6.45, 7) is 5.69. The van der Waals surface area contributed by atoms with Crippen LogP contribution in [0.3, 0.4) is 0 Å².